The quantitative estimate of drug-likeness (QED) is 0.735. The highest BCUT2D eigenvalue weighted by Crippen LogP contribution is 2.20. The van der Waals surface area contributed by atoms with Gasteiger partial charge in [0.25, 0.3) is 0 Å². The molecule has 13 heavy (non-hydrogen) atoms. The van der Waals surface area contributed by atoms with E-state index in [4.69, 9.17) is 0 Å². The summed E-state index contributed by atoms with van der Waals surface area (Å²) in [6.45, 7) is 6.86. The van der Waals surface area contributed by atoms with Crippen LogP contribution in [-0.2, 0) is 6.42 Å². The molecule has 1 aromatic carbocycles. The minimum absolute atomic E-state index is 0. The van der Waals surface area contributed by atoms with E-state index in [2.05, 4.69) is 51.1 Å². The van der Waals surface area contributed by atoms with Gasteiger partial charge in [0.15, 0.2) is 0 Å². The molecule has 0 unspecified atom stereocenters. The summed E-state index contributed by atoms with van der Waals surface area (Å²) in [7, 11) is 0. The molecule has 74 valence electrons. The number of benzene rings is 1. The van der Waals surface area contributed by atoms with Crippen molar-refractivity contribution in [2.45, 2.75) is 33.6 Å². The average Bonchev–Trinajstić information content (AvgIpc) is 2.02. The average molecular weight is 179 g/mol. The van der Waals surface area contributed by atoms with Gasteiger partial charge in [0.1, 0.15) is 0 Å². The Balaban J connectivity index is 0.00000144. The van der Waals surface area contributed by atoms with Crippen LogP contribution in [-0.4, -0.2) is 0 Å². The van der Waals surface area contributed by atoms with E-state index in [1.165, 1.54) is 18.4 Å². The molecule has 0 amide bonds. The molecule has 0 bridgehead atoms. The second kappa shape index (κ2) is 5.03. The molecule has 1 rings (SSSR count). The van der Waals surface area contributed by atoms with Crippen LogP contribution >= 0.6 is 0 Å². The fourth-order valence-corrected chi connectivity index (χ4v) is 1.16. The van der Waals surface area contributed by atoms with Gasteiger partial charge >= 0.3 is 0 Å². The fourth-order valence-electron chi connectivity index (χ4n) is 1.16. The first-order valence-electron chi connectivity index (χ1n) is 4.62. The van der Waals surface area contributed by atoms with Gasteiger partial charge in [-0.15, -0.1) is 0 Å². The molecule has 0 aromatic heterocycles. The zero-order valence-electron chi connectivity index (χ0n) is 9.01. The Labute approximate surface area is 81.8 Å². The summed E-state index contributed by atoms with van der Waals surface area (Å²) in [5.74, 6) is 0. The van der Waals surface area contributed by atoms with Crippen LogP contribution in [0.1, 0.15) is 32.8 Å². The summed E-state index contributed by atoms with van der Waals surface area (Å²) in [4.78, 5) is 0. The van der Waals surface area contributed by atoms with E-state index in [1.807, 2.05) is 0 Å². The largest absolute Gasteiger partial charge is 0.344 e. The SMILES string of the molecule is CC(C)(C)CCc1ccccc1.N. The molecule has 0 radical (unpaired) electrons. The Morgan fingerprint density at radius 2 is 1.54 bits per heavy atom. The van der Waals surface area contributed by atoms with E-state index < -0.39 is 0 Å². The number of aryl methyl sites for hydroxylation is 1. The predicted octanol–water partition coefficient (Wildman–Crippen LogP) is 3.83. The molecule has 0 aliphatic rings. The number of hydrogen-bond acceptors (Lipinski definition) is 1. The van der Waals surface area contributed by atoms with E-state index in [1.54, 1.807) is 0 Å². The van der Waals surface area contributed by atoms with Gasteiger partial charge in [-0.3, -0.25) is 0 Å². The van der Waals surface area contributed by atoms with Crippen molar-refractivity contribution < 1.29 is 0 Å². The van der Waals surface area contributed by atoms with Crippen molar-refractivity contribution >= 4 is 0 Å². The van der Waals surface area contributed by atoms with E-state index in [0.29, 0.717) is 5.41 Å². The minimum atomic E-state index is 0. The Bertz CT molecular complexity index is 221. The molecular formula is C12H21N. The van der Waals surface area contributed by atoms with Gasteiger partial charge in [-0.2, -0.15) is 0 Å². The maximum Gasteiger partial charge on any atom is -0.0274 e. The smallest absolute Gasteiger partial charge is 0.0274 e. The zero-order valence-corrected chi connectivity index (χ0v) is 9.01. The summed E-state index contributed by atoms with van der Waals surface area (Å²) in [5, 5.41) is 0. The summed E-state index contributed by atoms with van der Waals surface area (Å²) >= 11 is 0. The minimum Gasteiger partial charge on any atom is -0.344 e. The highest BCUT2D eigenvalue weighted by Gasteiger charge is 2.09. The monoisotopic (exact) mass is 179 g/mol. The molecule has 1 aromatic rings. The Morgan fingerprint density at radius 3 is 2.00 bits per heavy atom. The van der Waals surface area contributed by atoms with Gasteiger partial charge in [0, 0.05) is 0 Å². The molecule has 0 aliphatic heterocycles. The van der Waals surface area contributed by atoms with Crippen LogP contribution < -0.4 is 6.15 Å². The molecule has 0 saturated heterocycles. The Morgan fingerprint density at radius 1 is 1.00 bits per heavy atom. The van der Waals surface area contributed by atoms with Crippen LogP contribution in [0.15, 0.2) is 30.3 Å². The van der Waals surface area contributed by atoms with Crippen molar-refractivity contribution in [3.8, 4) is 0 Å². The normalized spacial score (nSPS) is 10.7. The second-order valence-corrected chi connectivity index (χ2v) is 4.55. The van der Waals surface area contributed by atoms with Gasteiger partial charge in [-0.1, -0.05) is 51.1 Å². The van der Waals surface area contributed by atoms with Gasteiger partial charge in [-0.25, -0.2) is 0 Å². The highest BCUT2D eigenvalue weighted by molar-refractivity contribution is 5.14. The van der Waals surface area contributed by atoms with Crippen molar-refractivity contribution in [3.05, 3.63) is 35.9 Å². The van der Waals surface area contributed by atoms with Crippen LogP contribution in [0.3, 0.4) is 0 Å². The third kappa shape index (κ3) is 5.42. The lowest BCUT2D eigenvalue weighted by Crippen LogP contribution is -2.06. The Kier molecular flexibility index (Phi) is 4.71. The first-order valence-corrected chi connectivity index (χ1v) is 4.62. The lowest BCUT2D eigenvalue weighted by atomic mass is 9.89. The van der Waals surface area contributed by atoms with Crippen LogP contribution in [0.25, 0.3) is 0 Å². The summed E-state index contributed by atoms with van der Waals surface area (Å²) in [5.41, 5.74) is 1.91. The molecule has 0 aliphatic carbocycles. The van der Waals surface area contributed by atoms with Gasteiger partial charge in [0.05, 0.1) is 0 Å². The van der Waals surface area contributed by atoms with Gasteiger partial charge in [0.2, 0.25) is 0 Å². The van der Waals surface area contributed by atoms with Crippen molar-refractivity contribution in [3.63, 3.8) is 0 Å². The molecule has 0 saturated carbocycles. The van der Waals surface area contributed by atoms with Crippen LogP contribution in [0.4, 0.5) is 0 Å². The van der Waals surface area contributed by atoms with E-state index in [9.17, 15) is 0 Å². The van der Waals surface area contributed by atoms with Crippen LogP contribution in [0.2, 0.25) is 0 Å². The van der Waals surface area contributed by atoms with Crippen LogP contribution in [0, 0.1) is 5.41 Å². The zero-order chi connectivity index (χ0) is 9.03. The summed E-state index contributed by atoms with van der Waals surface area (Å²) in [6, 6.07) is 10.7. The second-order valence-electron chi connectivity index (χ2n) is 4.55. The van der Waals surface area contributed by atoms with Crippen molar-refractivity contribution in [2.75, 3.05) is 0 Å². The predicted molar refractivity (Wildman–Crippen MR) is 59.2 cm³/mol. The molecule has 0 heterocycles. The third-order valence-electron chi connectivity index (χ3n) is 2.01. The van der Waals surface area contributed by atoms with Crippen molar-refractivity contribution in [1.82, 2.24) is 6.15 Å². The fraction of sp³-hybridized carbons (Fsp3) is 0.500. The summed E-state index contributed by atoms with van der Waals surface area (Å²) in [6.07, 6.45) is 2.46. The van der Waals surface area contributed by atoms with E-state index in [0.717, 1.165) is 0 Å². The lowest BCUT2D eigenvalue weighted by Gasteiger charge is -2.17. The summed E-state index contributed by atoms with van der Waals surface area (Å²) < 4.78 is 0. The molecule has 1 nitrogen and oxygen atoms in total. The van der Waals surface area contributed by atoms with Crippen molar-refractivity contribution in [1.29, 1.82) is 0 Å². The molecule has 1 heteroatoms. The first-order chi connectivity index (χ1) is 5.58. The van der Waals surface area contributed by atoms with Crippen LogP contribution in [0.5, 0.6) is 0 Å². The molecule has 0 atom stereocenters. The number of rotatable bonds is 2. The highest BCUT2D eigenvalue weighted by atomic mass is 14.1. The molecule has 3 N–H and O–H groups in total. The topological polar surface area (TPSA) is 35.0 Å². The van der Waals surface area contributed by atoms with E-state index >= 15 is 0 Å². The van der Waals surface area contributed by atoms with E-state index in [-0.39, 0.29) is 6.15 Å². The maximum absolute atomic E-state index is 2.29. The Hall–Kier alpha value is -0.820. The molecule has 0 spiro atoms. The maximum atomic E-state index is 2.29. The van der Waals surface area contributed by atoms with Gasteiger partial charge in [-0.05, 0) is 23.8 Å². The first kappa shape index (κ1) is 12.2. The van der Waals surface area contributed by atoms with Crippen molar-refractivity contribution in [2.24, 2.45) is 5.41 Å². The third-order valence-corrected chi connectivity index (χ3v) is 2.01. The molecule has 0 fully saturated rings. The standard InChI is InChI=1S/C12H18.H3N/c1-12(2,3)10-9-11-7-5-4-6-8-11;/h4-8H,9-10H2,1-3H3;1H3. The lowest BCUT2D eigenvalue weighted by molar-refractivity contribution is 0.378. The number of hydrogen-bond donors (Lipinski definition) is 1. The van der Waals surface area contributed by atoms with Gasteiger partial charge < -0.3 is 6.15 Å². The molecular weight excluding hydrogens is 158 g/mol.